The number of nitrogens with zero attached hydrogens (tertiary/aromatic N) is 1. The summed E-state index contributed by atoms with van der Waals surface area (Å²) in [6.45, 7) is 3.18. The van der Waals surface area contributed by atoms with Crippen LogP contribution < -0.4 is 0 Å². The second-order valence-electron chi connectivity index (χ2n) is 6.23. The van der Waals surface area contributed by atoms with Crippen LogP contribution in [0.3, 0.4) is 0 Å². The van der Waals surface area contributed by atoms with Gasteiger partial charge in [0.1, 0.15) is 0 Å². The maximum atomic E-state index is 12.8. The van der Waals surface area contributed by atoms with E-state index < -0.39 is 0 Å². The van der Waals surface area contributed by atoms with Crippen LogP contribution in [0.4, 0.5) is 0 Å². The Kier molecular flexibility index (Phi) is 4.13. The fraction of sp³-hybridized carbons (Fsp3) is 0.688. The molecule has 2 heterocycles. The zero-order valence-electron chi connectivity index (χ0n) is 12.1. The van der Waals surface area contributed by atoms with Crippen LogP contribution in [-0.4, -0.2) is 35.1 Å². The van der Waals surface area contributed by atoms with Crippen molar-refractivity contribution in [1.29, 1.82) is 0 Å². The summed E-state index contributed by atoms with van der Waals surface area (Å²) in [6.07, 6.45) is 6.47. The first kappa shape index (κ1) is 14.1. The van der Waals surface area contributed by atoms with Crippen molar-refractivity contribution in [2.45, 2.75) is 51.5 Å². The van der Waals surface area contributed by atoms with E-state index in [4.69, 9.17) is 0 Å². The van der Waals surface area contributed by atoms with Crippen LogP contribution in [0.25, 0.3) is 0 Å². The van der Waals surface area contributed by atoms with Gasteiger partial charge in [-0.15, -0.1) is 11.3 Å². The van der Waals surface area contributed by atoms with Crippen LogP contribution in [0, 0.1) is 5.92 Å². The van der Waals surface area contributed by atoms with Crippen LogP contribution >= 0.6 is 11.3 Å². The van der Waals surface area contributed by atoms with Crippen molar-refractivity contribution in [3.63, 3.8) is 0 Å². The first-order chi connectivity index (χ1) is 9.70. The minimum absolute atomic E-state index is 0.0225. The lowest BCUT2D eigenvalue weighted by molar-refractivity contribution is 0.0502. The van der Waals surface area contributed by atoms with Crippen molar-refractivity contribution in [2.24, 2.45) is 5.92 Å². The molecule has 1 aliphatic carbocycles. The zero-order valence-corrected chi connectivity index (χ0v) is 12.9. The summed E-state index contributed by atoms with van der Waals surface area (Å²) in [7, 11) is 0. The summed E-state index contributed by atoms with van der Waals surface area (Å²) in [5.41, 5.74) is 2.21. The van der Waals surface area contributed by atoms with Crippen LogP contribution in [0.15, 0.2) is 5.38 Å². The number of fused-ring (bicyclic) bond motifs is 1. The van der Waals surface area contributed by atoms with Crippen LogP contribution in [0.2, 0.25) is 0 Å². The van der Waals surface area contributed by atoms with Crippen molar-refractivity contribution in [2.75, 3.05) is 13.2 Å². The van der Waals surface area contributed by atoms with Crippen molar-refractivity contribution >= 4 is 17.2 Å². The Balaban J connectivity index is 1.84. The molecule has 110 valence electrons. The molecule has 0 bridgehead atoms. The van der Waals surface area contributed by atoms with Crippen molar-refractivity contribution in [3.8, 4) is 0 Å². The van der Waals surface area contributed by atoms with Crippen LogP contribution in [-0.2, 0) is 12.8 Å². The SMILES string of the molecule is CC1CCc2c(C(=O)N3CCCCC3CO)csc2C1. The molecule has 20 heavy (non-hydrogen) atoms. The third kappa shape index (κ3) is 2.51. The number of piperidine rings is 1. The highest BCUT2D eigenvalue weighted by Gasteiger charge is 2.30. The van der Waals surface area contributed by atoms with Gasteiger partial charge in [0.15, 0.2) is 0 Å². The molecule has 0 spiro atoms. The van der Waals surface area contributed by atoms with E-state index in [1.54, 1.807) is 11.3 Å². The Labute approximate surface area is 124 Å². The monoisotopic (exact) mass is 293 g/mol. The maximum absolute atomic E-state index is 12.8. The van der Waals surface area contributed by atoms with E-state index in [9.17, 15) is 9.90 Å². The molecule has 1 amide bonds. The fourth-order valence-electron chi connectivity index (χ4n) is 3.47. The van der Waals surface area contributed by atoms with E-state index in [1.807, 2.05) is 10.3 Å². The van der Waals surface area contributed by atoms with E-state index in [1.165, 1.54) is 16.9 Å². The van der Waals surface area contributed by atoms with Crippen molar-refractivity contribution in [3.05, 3.63) is 21.4 Å². The van der Waals surface area contributed by atoms with Gasteiger partial charge in [-0.25, -0.2) is 0 Å². The molecule has 3 rings (SSSR count). The van der Waals surface area contributed by atoms with E-state index in [0.717, 1.165) is 50.1 Å². The number of hydrogen-bond acceptors (Lipinski definition) is 3. The van der Waals surface area contributed by atoms with Gasteiger partial charge in [-0.05, 0) is 50.0 Å². The molecule has 0 aromatic carbocycles. The number of rotatable bonds is 2. The summed E-state index contributed by atoms with van der Waals surface area (Å²) in [5.74, 6) is 0.889. The molecule has 1 saturated heterocycles. The number of hydrogen-bond donors (Lipinski definition) is 1. The summed E-state index contributed by atoms with van der Waals surface area (Å²) in [5, 5.41) is 11.5. The minimum atomic E-state index is 0.0225. The number of carbonyl (C=O) groups is 1. The van der Waals surface area contributed by atoms with Gasteiger partial charge in [-0.2, -0.15) is 0 Å². The number of aliphatic hydroxyl groups is 1. The number of likely N-dealkylation sites (tertiary alicyclic amines) is 1. The van der Waals surface area contributed by atoms with Gasteiger partial charge in [0.05, 0.1) is 18.2 Å². The molecule has 2 aliphatic rings. The zero-order chi connectivity index (χ0) is 14.1. The molecule has 0 saturated carbocycles. The lowest BCUT2D eigenvalue weighted by Gasteiger charge is -2.35. The van der Waals surface area contributed by atoms with Gasteiger partial charge >= 0.3 is 0 Å². The highest BCUT2D eigenvalue weighted by atomic mass is 32.1. The fourth-order valence-corrected chi connectivity index (χ4v) is 4.71. The number of carbonyl (C=O) groups excluding carboxylic acids is 1. The van der Waals surface area contributed by atoms with Gasteiger partial charge < -0.3 is 10.0 Å². The number of thiophene rings is 1. The highest BCUT2D eigenvalue weighted by molar-refractivity contribution is 7.10. The van der Waals surface area contributed by atoms with Gasteiger partial charge in [0, 0.05) is 16.8 Å². The van der Waals surface area contributed by atoms with Gasteiger partial charge in [-0.3, -0.25) is 4.79 Å². The first-order valence-electron chi connectivity index (χ1n) is 7.71. The summed E-state index contributed by atoms with van der Waals surface area (Å²) in [6, 6.07) is 0.0225. The largest absolute Gasteiger partial charge is 0.394 e. The third-order valence-electron chi connectivity index (χ3n) is 4.73. The van der Waals surface area contributed by atoms with E-state index in [0.29, 0.717) is 0 Å². The van der Waals surface area contributed by atoms with E-state index in [-0.39, 0.29) is 18.6 Å². The Morgan fingerprint density at radius 3 is 3.10 bits per heavy atom. The van der Waals surface area contributed by atoms with Crippen LogP contribution in [0.5, 0.6) is 0 Å². The molecular formula is C16H23NO2S. The molecular weight excluding hydrogens is 270 g/mol. The molecule has 1 aliphatic heterocycles. The Bertz CT molecular complexity index is 497. The molecule has 3 nitrogen and oxygen atoms in total. The standard InChI is InChI=1S/C16H23NO2S/c1-11-5-6-13-14(10-20-15(13)8-11)16(19)17-7-3-2-4-12(17)9-18/h10-12,18H,2-9H2,1H3. The number of aliphatic hydroxyl groups excluding tert-OH is 1. The number of amides is 1. The summed E-state index contributed by atoms with van der Waals surface area (Å²) < 4.78 is 0. The Morgan fingerprint density at radius 2 is 2.30 bits per heavy atom. The van der Waals surface area contributed by atoms with Gasteiger partial charge in [0.25, 0.3) is 5.91 Å². The van der Waals surface area contributed by atoms with Gasteiger partial charge in [-0.1, -0.05) is 6.92 Å². The first-order valence-corrected chi connectivity index (χ1v) is 8.59. The predicted molar refractivity (Wildman–Crippen MR) is 81.3 cm³/mol. The smallest absolute Gasteiger partial charge is 0.255 e. The highest BCUT2D eigenvalue weighted by Crippen LogP contribution is 2.34. The Morgan fingerprint density at radius 1 is 1.45 bits per heavy atom. The average molecular weight is 293 g/mol. The second-order valence-corrected chi connectivity index (χ2v) is 7.19. The topological polar surface area (TPSA) is 40.5 Å². The molecule has 1 fully saturated rings. The van der Waals surface area contributed by atoms with E-state index in [2.05, 4.69) is 6.92 Å². The van der Waals surface area contributed by atoms with Crippen molar-refractivity contribution in [1.82, 2.24) is 4.90 Å². The molecule has 2 atom stereocenters. The minimum Gasteiger partial charge on any atom is -0.394 e. The predicted octanol–water partition coefficient (Wildman–Crippen LogP) is 2.86. The molecule has 1 aromatic rings. The van der Waals surface area contributed by atoms with E-state index >= 15 is 0 Å². The summed E-state index contributed by atoms with van der Waals surface area (Å²) in [4.78, 5) is 16.1. The van der Waals surface area contributed by atoms with Crippen molar-refractivity contribution < 1.29 is 9.90 Å². The Hall–Kier alpha value is -0.870. The van der Waals surface area contributed by atoms with Gasteiger partial charge in [0.2, 0.25) is 0 Å². The lowest BCUT2D eigenvalue weighted by atomic mass is 9.88. The third-order valence-corrected chi connectivity index (χ3v) is 5.78. The maximum Gasteiger partial charge on any atom is 0.255 e. The molecule has 1 N–H and O–H groups in total. The molecule has 4 heteroatoms. The normalized spacial score (nSPS) is 26.4. The van der Waals surface area contributed by atoms with Crippen LogP contribution in [0.1, 0.15) is 53.4 Å². The molecule has 1 aromatic heterocycles. The molecule has 0 radical (unpaired) electrons. The molecule has 2 unspecified atom stereocenters. The quantitative estimate of drug-likeness (QED) is 0.911. The second kappa shape index (κ2) is 5.86. The lowest BCUT2D eigenvalue weighted by Crippen LogP contribution is -2.45. The summed E-state index contributed by atoms with van der Waals surface area (Å²) >= 11 is 1.75. The average Bonchev–Trinajstić information content (AvgIpc) is 2.89.